The van der Waals surface area contributed by atoms with E-state index in [-0.39, 0.29) is 0 Å². The largest absolute Gasteiger partial charge is 0.309 e. The van der Waals surface area contributed by atoms with Gasteiger partial charge in [-0.25, -0.2) is 69.8 Å². The maximum absolute atomic E-state index is 12.5. The van der Waals surface area contributed by atoms with Crippen LogP contribution >= 0.6 is 0 Å². The lowest BCUT2D eigenvalue weighted by Gasteiger charge is -2.19. The van der Waals surface area contributed by atoms with Gasteiger partial charge in [-0.05, 0) is 91.0 Å². The topological polar surface area (TPSA) is 214 Å². The highest BCUT2D eigenvalue weighted by atomic mass is 15.1. The Balaban J connectivity index is 0.823. The van der Waals surface area contributed by atoms with Crippen LogP contribution in [0.5, 0.6) is 0 Å². The Labute approximate surface area is 711 Å². The predicted molar refractivity (Wildman–Crippen MR) is 491 cm³/mol. The van der Waals surface area contributed by atoms with Crippen molar-refractivity contribution in [2.75, 3.05) is 0 Å². The Morgan fingerprint density at radius 3 is 0.605 bits per heavy atom. The Hall–Kier alpha value is -17.5. The van der Waals surface area contributed by atoms with E-state index in [0.29, 0.717) is 110 Å². The van der Waals surface area contributed by atoms with Gasteiger partial charge in [-0.3, -0.25) is 0 Å². The van der Waals surface area contributed by atoms with Gasteiger partial charge in [0.1, 0.15) is 6.07 Å². The summed E-state index contributed by atoms with van der Waals surface area (Å²) >= 11 is 0. The van der Waals surface area contributed by atoms with Crippen molar-refractivity contribution in [2.24, 2.45) is 0 Å². The van der Waals surface area contributed by atoms with Crippen LogP contribution in [0.15, 0.2) is 394 Å². The van der Waals surface area contributed by atoms with Crippen LogP contribution in [0.4, 0.5) is 0 Å². The summed E-state index contributed by atoms with van der Waals surface area (Å²) in [5.74, 6) is 6.56. The number of hydrogen-bond donors (Lipinski definition) is 0. The summed E-state index contributed by atoms with van der Waals surface area (Å²) < 4.78 is 4.43. The smallest absolute Gasteiger partial charge is 0.164 e. The van der Waals surface area contributed by atoms with Crippen LogP contribution in [-0.4, -0.2) is 78.9 Å². The molecule has 0 atom stereocenters. The standard InChI is InChI=1S/C107H65N17/c108-66-81-63-94(124-91-57-53-79(106-119-100(73-43-23-7-24-44-73)113-101(120-106)74-45-25-8-26-46-74)61-84(91)85-62-80(54-58-92(85)124)107-121-102(75-47-27-9-28-48-75)114-103(122-107)76-49-29-10-30-50-76)86(88-65-87(67-31-11-1-12-32-67)109-95(110-88)68-33-13-2-14-34-68)64-93(81)123-89-55-51-77(104-115-96(69-35-15-3-16-36-69)111-97(116-104)70-37-17-4-18-38-70)59-82(89)83-60-78(52-56-90(83)123)105-117-98(71-39-19-5-20-40-71)112-99(118-105)72-41-21-6-22-42-72/h1-65H. The zero-order valence-electron chi connectivity index (χ0n) is 66.1. The fourth-order valence-corrected chi connectivity index (χ4v) is 16.2. The molecule has 0 bridgehead atoms. The zero-order valence-corrected chi connectivity index (χ0v) is 66.1. The van der Waals surface area contributed by atoms with Gasteiger partial charge in [0.15, 0.2) is 75.7 Å². The molecular weight excluding hydrogens is 1520 g/mol. The molecule has 0 fully saturated rings. The predicted octanol–water partition coefficient (Wildman–Crippen LogP) is 24.3. The average Bonchev–Trinajstić information content (AvgIpc) is 1.57. The van der Waals surface area contributed by atoms with Crippen molar-refractivity contribution in [3.8, 4) is 188 Å². The van der Waals surface area contributed by atoms with Crippen molar-refractivity contribution in [1.29, 1.82) is 5.26 Å². The van der Waals surface area contributed by atoms with E-state index in [0.717, 1.165) is 122 Å². The van der Waals surface area contributed by atoms with E-state index in [9.17, 15) is 5.26 Å². The molecule has 7 aromatic heterocycles. The molecule has 0 radical (unpaired) electrons. The summed E-state index contributed by atoms with van der Waals surface area (Å²) in [7, 11) is 0. The van der Waals surface area contributed by atoms with Crippen LogP contribution < -0.4 is 0 Å². The van der Waals surface area contributed by atoms with Gasteiger partial charge in [0, 0.05) is 105 Å². The minimum Gasteiger partial charge on any atom is -0.309 e. The Morgan fingerprint density at radius 2 is 0.371 bits per heavy atom. The van der Waals surface area contributed by atoms with Gasteiger partial charge in [-0.15, -0.1) is 0 Å². The summed E-state index contributed by atoms with van der Waals surface area (Å²) in [6.45, 7) is 0. The van der Waals surface area contributed by atoms with Gasteiger partial charge in [-0.2, -0.15) is 5.26 Å². The molecular formula is C107H65N17. The lowest BCUT2D eigenvalue weighted by molar-refractivity contribution is 1.07. The van der Waals surface area contributed by atoms with Crippen LogP contribution in [-0.2, 0) is 0 Å². The van der Waals surface area contributed by atoms with Crippen molar-refractivity contribution in [3.05, 3.63) is 400 Å². The molecule has 0 aliphatic heterocycles. The molecule has 578 valence electrons. The van der Waals surface area contributed by atoms with Gasteiger partial charge >= 0.3 is 0 Å². The molecule has 0 spiro atoms. The number of nitriles is 1. The Kier molecular flexibility index (Phi) is 18.5. The lowest BCUT2D eigenvalue weighted by atomic mass is 10.0. The van der Waals surface area contributed by atoms with Gasteiger partial charge < -0.3 is 9.13 Å². The van der Waals surface area contributed by atoms with Crippen molar-refractivity contribution in [2.45, 2.75) is 0 Å². The zero-order chi connectivity index (χ0) is 82.4. The minimum absolute atomic E-state index is 0.351. The minimum atomic E-state index is 0.351. The number of aromatic nitrogens is 16. The molecule has 15 aromatic carbocycles. The maximum Gasteiger partial charge on any atom is 0.164 e. The second kappa shape index (κ2) is 31.4. The Morgan fingerprint density at radius 1 is 0.169 bits per heavy atom. The van der Waals surface area contributed by atoms with E-state index in [4.69, 9.17) is 69.8 Å². The molecule has 124 heavy (non-hydrogen) atoms. The highest BCUT2D eigenvalue weighted by molar-refractivity contribution is 6.14. The molecule has 0 amide bonds. The fourth-order valence-electron chi connectivity index (χ4n) is 16.2. The van der Waals surface area contributed by atoms with E-state index in [2.05, 4.69) is 112 Å². The maximum atomic E-state index is 12.5. The number of rotatable bonds is 17. The first kappa shape index (κ1) is 72.9. The molecule has 0 aliphatic rings. The summed E-state index contributed by atoms with van der Waals surface area (Å²) in [4.78, 5) is 73.7. The summed E-state index contributed by atoms with van der Waals surface area (Å²) in [6, 6.07) is 134. The van der Waals surface area contributed by atoms with E-state index in [1.54, 1.807) is 0 Å². The van der Waals surface area contributed by atoms with E-state index < -0.39 is 0 Å². The normalized spacial score (nSPS) is 11.4. The molecule has 0 unspecified atom stereocenters. The molecule has 0 N–H and O–H groups in total. The molecule has 22 aromatic rings. The van der Waals surface area contributed by atoms with E-state index >= 15 is 0 Å². The number of fused-ring (bicyclic) bond motifs is 6. The third kappa shape index (κ3) is 13.8. The molecule has 17 heteroatoms. The van der Waals surface area contributed by atoms with Crippen LogP contribution in [0.3, 0.4) is 0 Å². The van der Waals surface area contributed by atoms with Crippen LogP contribution in [0.2, 0.25) is 0 Å². The molecule has 0 saturated heterocycles. The number of nitrogens with zero attached hydrogens (tertiary/aromatic N) is 17. The number of benzene rings is 15. The highest BCUT2D eigenvalue weighted by Crippen LogP contribution is 2.45. The first-order valence-electron chi connectivity index (χ1n) is 40.6. The second-order valence-electron chi connectivity index (χ2n) is 29.9. The van der Waals surface area contributed by atoms with Gasteiger partial charge in [0.2, 0.25) is 0 Å². The first-order valence-corrected chi connectivity index (χ1v) is 40.6. The van der Waals surface area contributed by atoms with Crippen molar-refractivity contribution in [1.82, 2.24) is 78.9 Å². The van der Waals surface area contributed by atoms with Crippen molar-refractivity contribution < 1.29 is 0 Å². The van der Waals surface area contributed by atoms with Crippen molar-refractivity contribution in [3.63, 3.8) is 0 Å². The molecule has 7 heterocycles. The van der Waals surface area contributed by atoms with Gasteiger partial charge in [0.05, 0.1) is 50.4 Å². The first-order chi connectivity index (χ1) is 61.4. The molecule has 17 nitrogen and oxygen atoms in total. The van der Waals surface area contributed by atoms with Crippen molar-refractivity contribution >= 4 is 43.6 Å². The fraction of sp³-hybridized carbons (Fsp3) is 0. The third-order valence-electron chi connectivity index (χ3n) is 22.2. The van der Waals surface area contributed by atoms with Crippen LogP contribution in [0.1, 0.15) is 5.56 Å². The molecule has 0 saturated carbocycles. The lowest BCUT2D eigenvalue weighted by Crippen LogP contribution is -2.05. The average molecular weight is 1590 g/mol. The summed E-state index contributed by atoms with van der Waals surface area (Å²) in [5, 5.41) is 15.8. The van der Waals surface area contributed by atoms with E-state index in [1.165, 1.54) is 0 Å². The highest BCUT2D eigenvalue weighted by Gasteiger charge is 2.28. The third-order valence-corrected chi connectivity index (χ3v) is 22.2. The van der Waals surface area contributed by atoms with Gasteiger partial charge in [0.25, 0.3) is 0 Å². The quantitative estimate of drug-likeness (QED) is 0.0829. The van der Waals surface area contributed by atoms with Crippen LogP contribution in [0, 0.1) is 11.3 Å². The molecule has 22 rings (SSSR count). The van der Waals surface area contributed by atoms with Crippen LogP contribution in [0.25, 0.3) is 226 Å². The van der Waals surface area contributed by atoms with Gasteiger partial charge in [-0.1, -0.05) is 303 Å². The summed E-state index contributed by atoms with van der Waals surface area (Å²) in [5.41, 5.74) is 18.0. The monoisotopic (exact) mass is 1590 g/mol. The van der Waals surface area contributed by atoms with E-state index in [1.807, 2.05) is 297 Å². The number of hydrogen-bond acceptors (Lipinski definition) is 15. The second-order valence-corrected chi connectivity index (χ2v) is 29.9. The SMILES string of the molecule is N#Cc1cc(-n2c3ccc(-c4nc(-c5ccccc5)nc(-c5ccccc5)n4)cc3c3cc(-c4nc(-c5ccccc5)nc(-c5ccccc5)n4)ccc32)c(-c2cc(-c3ccccc3)nc(-c3ccccc3)n2)cc1-n1c2ccc(-c3nc(-c4ccccc4)nc(-c4ccccc4)n3)cc2c2cc(-c3nc(-c4ccccc4)nc(-c4ccccc4)n3)ccc21. The molecule has 0 aliphatic carbocycles. The Bertz CT molecular complexity index is 7220. The summed E-state index contributed by atoms with van der Waals surface area (Å²) in [6.07, 6.45) is 0.